The van der Waals surface area contributed by atoms with Crippen molar-refractivity contribution in [3.63, 3.8) is 0 Å². The van der Waals surface area contributed by atoms with Crippen molar-refractivity contribution < 1.29 is 29.9 Å². The van der Waals surface area contributed by atoms with Crippen LogP contribution in [0.2, 0.25) is 0 Å². The summed E-state index contributed by atoms with van der Waals surface area (Å²) < 4.78 is 11.1. The first-order chi connectivity index (χ1) is 12.6. The third kappa shape index (κ3) is 3.02. The van der Waals surface area contributed by atoms with Gasteiger partial charge in [0.2, 0.25) is 6.29 Å². The highest BCUT2D eigenvalue weighted by Crippen LogP contribution is 2.29. The summed E-state index contributed by atoms with van der Waals surface area (Å²) in [6, 6.07) is 17.6. The molecule has 0 amide bonds. The molecule has 1 aliphatic rings. The molecule has 136 valence electrons. The standard InChI is InChI=1S/C20H20O6/c21-10-16-17(22)18(23)19(24)20(26-16)25-15-6-5-13-7-11-3-1-2-4-12(11)8-14(13)9-15/h1-9,16-24H,10H2/t16-,17+,18+,19-,20-/m1/s1. The third-order valence-electron chi connectivity index (χ3n) is 4.78. The number of hydrogen-bond donors (Lipinski definition) is 4. The maximum atomic E-state index is 10.1. The quantitative estimate of drug-likeness (QED) is 0.526. The number of ether oxygens (including phenoxy) is 2. The molecule has 1 heterocycles. The zero-order chi connectivity index (χ0) is 18.3. The van der Waals surface area contributed by atoms with Crippen LogP contribution in [0.4, 0.5) is 0 Å². The van der Waals surface area contributed by atoms with Gasteiger partial charge in [0.15, 0.2) is 0 Å². The lowest BCUT2D eigenvalue weighted by molar-refractivity contribution is -0.277. The molecular formula is C20H20O6. The summed E-state index contributed by atoms with van der Waals surface area (Å²) in [5, 5.41) is 43.3. The van der Waals surface area contributed by atoms with Crippen LogP contribution in [0.1, 0.15) is 0 Å². The van der Waals surface area contributed by atoms with E-state index >= 15 is 0 Å². The zero-order valence-electron chi connectivity index (χ0n) is 13.9. The van der Waals surface area contributed by atoms with Gasteiger partial charge in [0.1, 0.15) is 30.2 Å². The first-order valence-corrected chi connectivity index (χ1v) is 8.46. The summed E-state index contributed by atoms with van der Waals surface area (Å²) >= 11 is 0. The number of aliphatic hydroxyl groups is 4. The predicted molar refractivity (Wildman–Crippen MR) is 95.8 cm³/mol. The fourth-order valence-electron chi connectivity index (χ4n) is 3.29. The maximum absolute atomic E-state index is 10.1. The summed E-state index contributed by atoms with van der Waals surface area (Å²) in [6.07, 6.45) is -6.49. The van der Waals surface area contributed by atoms with Gasteiger partial charge in [-0.3, -0.25) is 0 Å². The second kappa shape index (κ2) is 6.83. The number of rotatable bonds is 3. The average Bonchev–Trinajstić information content (AvgIpc) is 2.66. The van der Waals surface area contributed by atoms with Crippen LogP contribution in [-0.4, -0.2) is 57.7 Å². The van der Waals surface area contributed by atoms with Crippen molar-refractivity contribution in [3.8, 4) is 5.75 Å². The molecule has 1 saturated heterocycles. The normalized spacial score (nSPS) is 29.2. The van der Waals surface area contributed by atoms with Gasteiger partial charge in [-0.05, 0) is 45.8 Å². The van der Waals surface area contributed by atoms with E-state index in [1.165, 1.54) is 0 Å². The largest absolute Gasteiger partial charge is 0.462 e. The highest BCUT2D eigenvalue weighted by Gasteiger charge is 2.44. The molecule has 0 aromatic heterocycles. The van der Waals surface area contributed by atoms with E-state index in [0.29, 0.717) is 5.75 Å². The second-order valence-electron chi connectivity index (χ2n) is 6.52. The first kappa shape index (κ1) is 17.2. The number of benzene rings is 3. The van der Waals surface area contributed by atoms with Gasteiger partial charge >= 0.3 is 0 Å². The maximum Gasteiger partial charge on any atom is 0.229 e. The van der Waals surface area contributed by atoms with E-state index in [4.69, 9.17) is 9.47 Å². The third-order valence-corrected chi connectivity index (χ3v) is 4.78. The van der Waals surface area contributed by atoms with Crippen molar-refractivity contribution >= 4 is 21.5 Å². The van der Waals surface area contributed by atoms with E-state index in [1.54, 1.807) is 6.07 Å². The Kier molecular flexibility index (Phi) is 4.52. The van der Waals surface area contributed by atoms with Gasteiger partial charge in [0, 0.05) is 0 Å². The molecule has 3 aromatic carbocycles. The van der Waals surface area contributed by atoms with Crippen molar-refractivity contribution in [3.05, 3.63) is 54.6 Å². The van der Waals surface area contributed by atoms with E-state index in [2.05, 4.69) is 6.07 Å². The predicted octanol–water partition coefficient (Wildman–Crippen LogP) is 1.17. The van der Waals surface area contributed by atoms with Crippen molar-refractivity contribution in [2.45, 2.75) is 30.7 Å². The lowest BCUT2D eigenvalue weighted by Crippen LogP contribution is -2.60. The Balaban J connectivity index is 1.63. The molecular weight excluding hydrogens is 336 g/mol. The van der Waals surface area contributed by atoms with Gasteiger partial charge in [-0.25, -0.2) is 0 Å². The Morgan fingerprint density at radius 1 is 0.769 bits per heavy atom. The molecule has 1 fully saturated rings. The Labute approximate surface area is 149 Å². The van der Waals surface area contributed by atoms with Gasteiger partial charge in [-0.1, -0.05) is 30.3 Å². The van der Waals surface area contributed by atoms with Crippen molar-refractivity contribution in [1.82, 2.24) is 0 Å². The fourth-order valence-corrected chi connectivity index (χ4v) is 3.29. The smallest absolute Gasteiger partial charge is 0.229 e. The number of aliphatic hydroxyl groups excluding tert-OH is 4. The van der Waals surface area contributed by atoms with Gasteiger partial charge in [-0.2, -0.15) is 0 Å². The molecule has 0 aliphatic carbocycles. The SMILES string of the molecule is OC[C@H]1O[C@@H](Oc2ccc3cc4ccccc4cc3c2)[C@H](O)[C@@H](O)[C@H]1O. The zero-order valence-corrected chi connectivity index (χ0v) is 13.9. The van der Waals surface area contributed by atoms with Crippen molar-refractivity contribution in [1.29, 1.82) is 0 Å². The molecule has 6 heteroatoms. The lowest BCUT2D eigenvalue weighted by atomic mass is 9.99. The van der Waals surface area contributed by atoms with Gasteiger partial charge in [-0.15, -0.1) is 0 Å². The minimum Gasteiger partial charge on any atom is -0.462 e. The summed E-state index contributed by atoms with van der Waals surface area (Å²) in [5.74, 6) is 0.456. The summed E-state index contributed by atoms with van der Waals surface area (Å²) in [5.41, 5.74) is 0. The molecule has 4 rings (SSSR count). The van der Waals surface area contributed by atoms with Gasteiger partial charge in [0.25, 0.3) is 0 Å². The van der Waals surface area contributed by atoms with E-state index < -0.39 is 37.3 Å². The topological polar surface area (TPSA) is 99.4 Å². The minimum absolute atomic E-state index is 0.456. The van der Waals surface area contributed by atoms with Crippen LogP contribution < -0.4 is 4.74 Å². The molecule has 0 spiro atoms. The molecule has 1 aliphatic heterocycles. The Morgan fingerprint density at radius 2 is 1.42 bits per heavy atom. The van der Waals surface area contributed by atoms with Crippen molar-refractivity contribution in [2.24, 2.45) is 0 Å². The van der Waals surface area contributed by atoms with E-state index in [0.717, 1.165) is 21.5 Å². The Hall–Kier alpha value is -2.22. The molecule has 4 N–H and O–H groups in total. The number of fused-ring (bicyclic) bond motifs is 2. The monoisotopic (exact) mass is 356 g/mol. The summed E-state index contributed by atoms with van der Waals surface area (Å²) in [6.45, 7) is -0.492. The van der Waals surface area contributed by atoms with Gasteiger partial charge in [0.05, 0.1) is 6.61 Å². The van der Waals surface area contributed by atoms with Gasteiger partial charge < -0.3 is 29.9 Å². The molecule has 0 radical (unpaired) electrons. The highest BCUT2D eigenvalue weighted by molar-refractivity contribution is 5.98. The molecule has 0 saturated carbocycles. The lowest BCUT2D eigenvalue weighted by Gasteiger charge is -2.39. The molecule has 26 heavy (non-hydrogen) atoms. The van der Waals surface area contributed by atoms with Crippen LogP contribution >= 0.6 is 0 Å². The fraction of sp³-hybridized carbons (Fsp3) is 0.300. The van der Waals surface area contributed by atoms with E-state index in [-0.39, 0.29) is 0 Å². The summed E-state index contributed by atoms with van der Waals surface area (Å²) in [7, 11) is 0. The molecule has 6 nitrogen and oxygen atoms in total. The van der Waals surface area contributed by atoms with Crippen LogP contribution in [0.5, 0.6) is 5.75 Å². The Bertz CT molecular complexity index is 924. The van der Waals surface area contributed by atoms with Crippen molar-refractivity contribution in [2.75, 3.05) is 6.61 Å². The van der Waals surface area contributed by atoms with Crippen LogP contribution in [-0.2, 0) is 4.74 Å². The first-order valence-electron chi connectivity index (χ1n) is 8.46. The minimum atomic E-state index is -1.46. The van der Waals surface area contributed by atoms with Crippen LogP contribution in [0.3, 0.4) is 0 Å². The molecule has 0 unspecified atom stereocenters. The molecule has 3 aromatic rings. The van der Waals surface area contributed by atoms with Crippen LogP contribution in [0.15, 0.2) is 54.6 Å². The van der Waals surface area contributed by atoms with Crippen LogP contribution in [0, 0.1) is 0 Å². The molecule has 5 atom stereocenters. The average molecular weight is 356 g/mol. The van der Waals surface area contributed by atoms with E-state index in [9.17, 15) is 20.4 Å². The van der Waals surface area contributed by atoms with E-state index in [1.807, 2.05) is 42.5 Å². The second-order valence-corrected chi connectivity index (χ2v) is 6.52. The Morgan fingerprint density at radius 3 is 2.12 bits per heavy atom. The molecule has 0 bridgehead atoms. The van der Waals surface area contributed by atoms with Crippen LogP contribution in [0.25, 0.3) is 21.5 Å². The number of hydrogen-bond acceptors (Lipinski definition) is 6. The summed E-state index contributed by atoms with van der Waals surface area (Å²) in [4.78, 5) is 0. The highest BCUT2D eigenvalue weighted by atomic mass is 16.7.